The van der Waals surface area contributed by atoms with Crippen LogP contribution in [0, 0.1) is 11.7 Å². The van der Waals surface area contributed by atoms with E-state index in [1.54, 1.807) is 13.8 Å². The van der Waals surface area contributed by atoms with Gasteiger partial charge in [-0.1, -0.05) is 13.8 Å². The summed E-state index contributed by atoms with van der Waals surface area (Å²) >= 11 is 0. The fraction of sp³-hybridized carbons (Fsp3) is 0.455. The van der Waals surface area contributed by atoms with E-state index < -0.39 is 21.9 Å². The molecule has 0 fully saturated rings. The van der Waals surface area contributed by atoms with Gasteiger partial charge in [-0.2, -0.15) is 0 Å². The van der Waals surface area contributed by atoms with Crippen LogP contribution in [0.2, 0.25) is 0 Å². The summed E-state index contributed by atoms with van der Waals surface area (Å²) in [5, 5.41) is 9.53. The molecular weight excluding hydrogens is 259 g/mol. The molecule has 4 N–H and O–H groups in total. The second-order valence-electron chi connectivity index (χ2n) is 4.35. The number of rotatable bonds is 5. The van der Waals surface area contributed by atoms with Gasteiger partial charge in [0.2, 0.25) is 10.0 Å². The van der Waals surface area contributed by atoms with Crippen molar-refractivity contribution in [3.05, 3.63) is 24.0 Å². The molecule has 102 valence electrons. The van der Waals surface area contributed by atoms with Gasteiger partial charge in [0.1, 0.15) is 10.7 Å². The van der Waals surface area contributed by atoms with Gasteiger partial charge in [0.15, 0.2) is 0 Å². The maximum absolute atomic E-state index is 12.8. The zero-order valence-electron chi connectivity index (χ0n) is 10.2. The third-order valence-corrected chi connectivity index (χ3v) is 4.01. The van der Waals surface area contributed by atoms with Crippen LogP contribution in [0.15, 0.2) is 23.1 Å². The number of aliphatic hydroxyl groups excluding tert-OH is 1. The summed E-state index contributed by atoms with van der Waals surface area (Å²) in [6, 6.07) is 3.05. The fourth-order valence-electron chi connectivity index (χ4n) is 1.27. The summed E-state index contributed by atoms with van der Waals surface area (Å²) in [5.74, 6) is -0.674. The van der Waals surface area contributed by atoms with E-state index in [0.717, 1.165) is 18.2 Å². The van der Waals surface area contributed by atoms with E-state index in [1.807, 2.05) is 0 Å². The van der Waals surface area contributed by atoms with E-state index in [2.05, 4.69) is 4.72 Å². The number of nitrogens with one attached hydrogen (secondary N) is 1. The van der Waals surface area contributed by atoms with E-state index in [4.69, 9.17) is 5.73 Å². The van der Waals surface area contributed by atoms with Gasteiger partial charge < -0.3 is 10.8 Å². The van der Waals surface area contributed by atoms with Crippen LogP contribution in [0.1, 0.15) is 13.8 Å². The molecule has 0 aliphatic heterocycles. The topological polar surface area (TPSA) is 92.4 Å². The van der Waals surface area contributed by atoms with Crippen molar-refractivity contribution in [3.63, 3.8) is 0 Å². The number of benzene rings is 1. The van der Waals surface area contributed by atoms with Crippen molar-refractivity contribution in [1.82, 2.24) is 4.72 Å². The summed E-state index contributed by atoms with van der Waals surface area (Å²) in [5.41, 5.74) is 5.29. The van der Waals surface area contributed by atoms with E-state index in [-0.39, 0.29) is 23.0 Å². The number of hydrogen-bond acceptors (Lipinski definition) is 4. The Balaban J connectivity index is 2.87. The van der Waals surface area contributed by atoms with Gasteiger partial charge in [-0.25, -0.2) is 17.5 Å². The molecule has 0 spiro atoms. The molecule has 1 atom stereocenters. The summed E-state index contributed by atoms with van der Waals surface area (Å²) in [6.45, 7) is 3.42. The lowest BCUT2D eigenvalue weighted by Gasteiger charge is -2.15. The highest BCUT2D eigenvalue weighted by Crippen LogP contribution is 2.18. The number of aliphatic hydroxyl groups is 1. The molecule has 0 aliphatic rings. The van der Waals surface area contributed by atoms with Gasteiger partial charge in [-0.15, -0.1) is 0 Å². The van der Waals surface area contributed by atoms with E-state index in [1.165, 1.54) is 0 Å². The van der Waals surface area contributed by atoms with Gasteiger partial charge in [-0.05, 0) is 24.1 Å². The van der Waals surface area contributed by atoms with Gasteiger partial charge in [0, 0.05) is 6.54 Å². The van der Waals surface area contributed by atoms with Crippen LogP contribution in [0.25, 0.3) is 0 Å². The van der Waals surface area contributed by atoms with Crippen molar-refractivity contribution < 1.29 is 17.9 Å². The van der Waals surface area contributed by atoms with Gasteiger partial charge >= 0.3 is 0 Å². The van der Waals surface area contributed by atoms with Crippen molar-refractivity contribution in [2.45, 2.75) is 24.8 Å². The predicted molar refractivity (Wildman–Crippen MR) is 66.8 cm³/mol. The minimum Gasteiger partial charge on any atom is -0.398 e. The summed E-state index contributed by atoms with van der Waals surface area (Å²) in [7, 11) is -3.84. The third kappa shape index (κ3) is 3.66. The number of nitrogen functional groups attached to an aromatic ring is 1. The highest BCUT2D eigenvalue weighted by molar-refractivity contribution is 7.89. The number of sulfonamides is 1. The number of halogens is 1. The first-order chi connectivity index (χ1) is 8.24. The molecule has 1 unspecified atom stereocenters. The summed E-state index contributed by atoms with van der Waals surface area (Å²) < 4.78 is 38.8. The minimum absolute atomic E-state index is 0.0711. The fourth-order valence-corrected chi connectivity index (χ4v) is 2.43. The maximum Gasteiger partial charge on any atom is 0.242 e. The predicted octanol–water partition coefficient (Wildman–Crippen LogP) is 0.703. The normalized spacial score (nSPS) is 13.8. The second kappa shape index (κ2) is 5.64. The molecule has 0 aliphatic carbocycles. The Morgan fingerprint density at radius 2 is 2.06 bits per heavy atom. The Morgan fingerprint density at radius 1 is 1.44 bits per heavy atom. The molecule has 1 rings (SSSR count). The molecule has 1 aromatic rings. The molecule has 0 saturated heterocycles. The minimum atomic E-state index is -3.84. The van der Waals surface area contributed by atoms with E-state index in [9.17, 15) is 17.9 Å². The van der Waals surface area contributed by atoms with Crippen LogP contribution in [-0.4, -0.2) is 26.2 Å². The first kappa shape index (κ1) is 14.9. The van der Waals surface area contributed by atoms with Crippen molar-refractivity contribution in [2.24, 2.45) is 5.92 Å². The Morgan fingerprint density at radius 3 is 2.56 bits per heavy atom. The summed E-state index contributed by atoms with van der Waals surface area (Å²) in [4.78, 5) is -0.195. The van der Waals surface area contributed by atoms with E-state index >= 15 is 0 Å². The first-order valence-corrected chi connectivity index (χ1v) is 6.95. The lowest BCUT2D eigenvalue weighted by Crippen LogP contribution is -2.35. The van der Waals surface area contributed by atoms with Crippen LogP contribution in [0.3, 0.4) is 0 Å². The van der Waals surface area contributed by atoms with Crippen LogP contribution >= 0.6 is 0 Å². The lowest BCUT2D eigenvalue weighted by molar-refractivity contribution is 0.129. The van der Waals surface area contributed by atoms with Crippen LogP contribution in [-0.2, 0) is 10.0 Å². The maximum atomic E-state index is 12.8. The highest BCUT2D eigenvalue weighted by atomic mass is 32.2. The number of nitrogens with two attached hydrogens (primary N) is 1. The molecule has 0 heterocycles. The molecule has 0 amide bonds. The van der Waals surface area contributed by atoms with Crippen molar-refractivity contribution >= 4 is 15.7 Å². The highest BCUT2D eigenvalue weighted by Gasteiger charge is 2.19. The van der Waals surface area contributed by atoms with Crippen LogP contribution in [0.5, 0.6) is 0 Å². The smallest absolute Gasteiger partial charge is 0.242 e. The Labute approximate surface area is 106 Å². The Hall–Kier alpha value is -1.18. The van der Waals surface area contributed by atoms with Crippen LogP contribution in [0.4, 0.5) is 10.1 Å². The van der Waals surface area contributed by atoms with Crippen LogP contribution < -0.4 is 10.5 Å². The van der Waals surface area contributed by atoms with Gasteiger partial charge in [0.05, 0.1) is 11.8 Å². The molecule has 0 bridgehead atoms. The summed E-state index contributed by atoms with van der Waals surface area (Å²) in [6.07, 6.45) is -0.790. The third-order valence-electron chi connectivity index (χ3n) is 2.51. The average molecular weight is 276 g/mol. The molecule has 0 aromatic heterocycles. The second-order valence-corrected chi connectivity index (χ2v) is 6.08. The number of hydrogen-bond donors (Lipinski definition) is 3. The lowest BCUT2D eigenvalue weighted by atomic mass is 10.1. The average Bonchev–Trinajstić information content (AvgIpc) is 2.25. The van der Waals surface area contributed by atoms with E-state index in [0.29, 0.717) is 0 Å². The molecule has 0 saturated carbocycles. The molecule has 18 heavy (non-hydrogen) atoms. The van der Waals surface area contributed by atoms with Crippen molar-refractivity contribution in [3.8, 4) is 0 Å². The largest absolute Gasteiger partial charge is 0.398 e. The molecule has 1 aromatic carbocycles. The zero-order valence-corrected chi connectivity index (χ0v) is 11.0. The first-order valence-electron chi connectivity index (χ1n) is 5.47. The Kier molecular flexibility index (Phi) is 4.66. The standard InChI is InChI=1S/C11H17FN2O3S/c1-7(2)10(15)6-14-18(16,17)11-4-3-8(12)5-9(11)13/h3-5,7,10,14-15H,6,13H2,1-2H3. The molecule has 5 nitrogen and oxygen atoms in total. The zero-order chi connectivity index (χ0) is 13.9. The van der Waals surface area contributed by atoms with Crippen molar-refractivity contribution in [1.29, 1.82) is 0 Å². The molecule has 0 radical (unpaired) electrons. The Bertz CT molecular complexity index is 517. The molecular formula is C11H17FN2O3S. The van der Waals surface area contributed by atoms with Crippen molar-refractivity contribution in [2.75, 3.05) is 12.3 Å². The monoisotopic (exact) mass is 276 g/mol. The molecule has 7 heteroatoms. The number of anilines is 1. The van der Waals surface area contributed by atoms with Gasteiger partial charge in [0.25, 0.3) is 0 Å². The van der Waals surface area contributed by atoms with Gasteiger partial charge in [-0.3, -0.25) is 0 Å². The SMILES string of the molecule is CC(C)C(O)CNS(=O)(=O)c1ccc(F)cc1N. The quantitative estimate of drug-likeness (QED) is 0.690.